The molecule has 0 unspecified atom stereocenters. The summed E-state index contributed by atoms with van der Waals surface area (Å²) >= 11 is 0. The Labute approximate surface area is 189 Å². The van der Waals surface area contributed by atoms with Crippen LogP contribution in [0.15, 0.2) is 42.5 Å². The molecule has 2 aromatic carbocycles. The molecule has 6 nitrogen and oxygen atoms in total. The van der Waals surface area contributed by atoms with Crippen molar-refractivity contribution in [2.24, 2.45) is 5.92 Å². The Kier molecular flexibility index (Phi) is 6.61. The normalized spacial score (nSPS) is 12.5. The first-order chi connectivity index (χ1) is 15.5. The molecule has 0 spiro atoms. The van der Waals surface area contributed by atoms with Crippen molar-refractivity contribution in [3.63, 3.8) is 0 Å². The second kappa shape index (κ2) is 9.57. The zero-order valence-electron chi connectivity index (χ0n) is 19.2. The van der Waals surface area contributed by atoms with Crippen molar-refractivity contribution < 1.29 is 19.0 Å². The van der Waals surface area contributed by atoms with E-state index in [1.807, 2.05) is 43.0 Å². The van der Waals surface area contributed by atoms with Gasteiger partial charge in [-0.25, -0.2) is 4.98 Å². The van der Waals surface area contributed by atoms with Crippen LogP contribution in [-0.2, 0) is 16.1 Å². The van der Waals surface area contributed by atoms with Crippen LogP contribution in [0, 0.1) is 12.8 Å². The molecule has 6 heteroatoms. The number of rotatable bonds is 8. The number of aromatic nitrogens is 1. The Balaban J connectivity index is 1.81. The zero-order chi connectivity index (χ0) is 22.7. The van der Waals surface area contributed by atoms with E-state index in [2.05, 4.69) is 25.1 Å². The van der Waals surface area contributed by atoms with Crippen LogP contribution in [0.25, 0.3) is 22.2 Å². The molecule has 1 aliphatic heterocycles. The summed E-state index contributed by atoms with van der Waals surface area (Å²) in [5.41, 5.74) is 4.95. The van der Waals surface area contributed by atoms with Gasteiger partial charge in [0.25, 0.3) is 0 Å². The van der Waals surface area contributed by atoms with Gasteiger partial charge in [-0.1, -0.05) is 38.1 Å². The highest BCUT2D eigenvalue weighted by molar-refractivity contribution is 5.87. The Hall–Kier alpha value is -3.12. The van der Waals surface area contributed by atoms with Crippen molar-refractivity contribution in [1.82, 2.24) is 9.88 Å². The second-order valence-corrected chi connectivity index (χ2v) is 8.47. The van der Waals surface area contributed by atoms with Gasteiger partial charge in [0.2, 0.25) is 12.7 Å². The van der Waals surface area contributed by atoms with Gasteiger partial charge in [-0.3, -0.25) is 4.79 Å². The van der Waals surface area contributed by atoms with Crippen LogP contribution in [-0.4, -0.2) is 42.8 Å². The predicted molar refractivity (Wildman–Crippen MR) is 125 cm³/mol. The molecule has 0 aliphatic carbocycles. The number of aryl methyl sites for hydroxylation is 1. The van der Waals surface area contributed by atoms with E-state index in [0.717, 1.165) is 45.5 Å². The molecule has 0 radical (unpaired) electrons. The predicted octanol–water partition coefficient (Wildman–Crippen LogP) is 4.96. The third-order valence-corrected chi connectivity index (χ3v) is 5.73. The minimum atomic E-state index is -0.0818. The number of hydrogen-bond donors (Lipinski definition) is 0. The number of benzene rings is 2. The molecule has 0 atom stereocenters. The van der Waals surface area contributed by atoms with E-state index in [9.17, 15) is 4.79 Å². The summed E-state index contributed by atoms with van der Waals surface area (Å²) in [5, 5.41) is 0.968. The van der Waals surface area contributed by atoms with Gasteiger partial charge in [0, 0.05) is 49.7 Å². The average Bonchev–Trinajstić information content (AvgIpc) is 3.23. The first-order valence-corrected chi connectivity index (χ1v) is 11.0. The molecule has 0 bridgehead atoms. The molecule has 0 fully saturated rings. The highest BCUT2D eigenvalue weighted by atomic mass is 16.7. The van der Waals surface area contributed by atoms with Gasteiger partial charge >= 0.3 is 0 Å². The number of carbonyl (C=O) groups excluding carboxylic acids is 1. The lowest BCUT2D eigenvalue weighted by atomic mass is 9.98. The Morgan fingerprint density at radius 1 is 1.16 bits per heavy atom. The molecule has 168 valence electrons. The number of hydrogen-bond acceptors (Lipinski definition) is 5. The lowest BCUT2D eigenvalue weighted by Crippen LogP contribution is -2.35. The highest BCUT2D eigenvalue weighted by Gasteiger charge is 2.22. The number of methoxy groups -OCH3 is 1. The summed E-state index contributed by atoms with van der Waals surface area (Å²) < 4.78 is 16.3. The van der Waals surface area contributed by atoms with Crippen molar-refractivity contribution in [3.05, 3.63) is 53.6 Å². The van der Waals surface area contributed by atoms with Gasteiger partial charge < -0.3 is 19.1 Å². The van der Waals surface area contributed by atoms with Crippen molar-refractivity contribution in [1.29, 1.82) is 0 Å². The minimum Gasteiger partial charge on any atom is -0.454 e. The Morgan fingerprint density at radius 2 is 1.91 bits per heavy atom. The summed E-state index contributed by atoms with van der Waals surface area (Å²) in [6.45, 7) is 7.92. The first-order valence-electron chi connectivity index (χ1n) is 11.0. The van der Waals surface area contributed by atoms with Gasteiger partial charge in [0.05, 0.1) is 11.2 Å². The summed E-state index contributed by atoms with van der Waals surface area (Å²) in [5.74, 6) is 1.48. The van der Waals surface area contributed by atoms with Crippen molar-refractivity contribution >= 4 is 16.8 Å². The minimum absolute atomic E-state index is 0.0818. The maximum Gasteiger partial charge on any atom is 0.231 e. The Bertz CT molecular complexity index is 1130. The Morgan fingerprint density at radius 3 is 2.62 bits per heavy atom. The summed E-state index contributed by atoms with van der Waals surface area (Å²) in [6, 6.07) is 14.2. The average molecular weight is 435 g/mol. The summed E-state index contributed by atoms with van der Waals surface area (Å²) in [7, 11) is 1.68. The van der Waals surface area contributed by atoms with Gasteiger partial charge in [0.15, 0.2) is 11.5 Å². The summed E-state index contributed by atoms with van der Waals surface area (Å²) in [6.07, 6.45) is 0.786. The van der Waals surface area contributed by atoms with Crippen LogP contribution in [0.3, 0.4) is 0 Å². The fourth-order valence-corrected chi connectivity index (χ4v) is 4.04. The van der Waals surface area contributed by atoms with E-state index in [4.69, 9.17) is 19.2 Å². The number of amides is 1. The number of carbonyl (C=O) groups is 1. The monoisotopic (exact) mass is 434 g/mol. The van der Waals surface area contributed by atoms with E-state index in [-0.39, 0.29) is 18.6 Å². The topological polar surface area (TPSA) is 60.9 Å². The summed E-state index contributed by atoms with van der Waals surface area (Å²) in [4.78, 5) is 20.0. The fourth-order valence-electron chi connectivity index (χ4n) is 4.04. The molecule has 1 aromatic heterocycles. The van der Waals surface area contributed by atoms with Gasteiger partial charge in [-0.15, -0.1) is 0 Å². The maximum absolute atomic E-state index is 13.0. The number of ether oxygens (including phenoxy) is 3. The van der Waals surface area contributed by atoms with Crippen LogP contribution in [0.4, 0.5) is 0 Å². The number of fused-ring (bicyclic) bond motifs is 2. The van der Waals surface area contributed by atoms with Crippen LogP contribution in [0.5, 0.6) is 11.5 Å². The largest absolute Gasteiger partial charge is 0.454 e. The maximum atomic E-state index is 13.0. The van der Waals surface area contributed by atoms with Crippen LogP contribution >= 0.6 is 0 Å². The third-order valence-electron chi connectivity index (χ3n) is 5.73. The number of pyridine rings is 1. The zero-order valence-corrected chi connectivity index (χ0v) is 19.2. The molecule has 1 amide bonds. The van der Waals surface area contributed by atoms with Gasteiger partial charge in [0.1, 0.15) is 0 Å². The van der Waals surface area contributed by atoms with E-state index in [0.29, 0.717) is 25.4 Å². The molecular weight excluding hydrogens is 404 g/mol. The molecule has 32 heavy (non-hydrogen) atoms. The quantitative estimate of drug-likeness (QED) is 0.469. The standard InChI is InChI=1S/C26H30N2O4/c1-17(2)26(29)28(10-7-11-30-4)15-20-12-19-13-23-24(32-16-31-23)14-22(19)27-25(20)21-9-6-5-8-18(21)3/h5-6,8-9,12-14,17H,7,10-11,15-16H2,1-4H3. The molecule has 3 aromatic rings. The fraction of sp³-hybridized carbons (Fsp3) is 0.385. The molecule has 0 N–H and O–H groups in total. The van der Waals surface area contributed by atoms with E-state index >= 15 is 0 Å². The molecule has 4 rings (SSSR count). The number of nitrogens with zero attached hydrogens (tertiary/aromatic N) is 2. The molecule has 0 saturated heterocycles. The van der Waals surface area contributed by atoms with Crippen molar-refractivity contribution in [3.8, 4) is 22.8 Å². The SMILES string of the molecule is COCCCN(Cc1cc2cc3c(cc2nc1-c1ccccc1C)OCO3)C(=O)C(C)C. The lowest BCUT2D eigenvalue weighted by Gasteiger charge is -2.26. The second-order valence-electron chi connectivity index (χ2n) is 8.47. The molecular formula is C26H30N2O4. The van der Waals surface area contributed by atoms with E-state index < -0.39 is 0 Å². The van der Waals surface area contributed by atoms with Crippen LogP contribution < -0.4 is 9.47 Å². The van der Waals surface area contributed by atoms with Crippen LogP contribution in [0.1, 0.15) is 31.4 Å². The van der Waals surface area contributed by atoms with Gasteiger partial charge in [-0.05, 0) is 36.6 Å². The lowest BCUT2D eigenvalue weighted by molar-refractivity contribution is -0.135. The van der Waals surface area contributed by atoms with Crippen LogP contribution in [0.2, 0.25) is 0 Å². The van der Waals surface area contributed by atoms with E-state index in [1.165, 1.54) is 0 Å². The smallest absolute Gasteiger partial charge is 0.231 e. The molecule has 0 saturated carbocycles. The molecule has 2 heterocycles. The third kappa shape index (κ3) is 4.55. The highest BCUT2D eigenvalue weighted by Crippen LogP contribution is 2.38. The van der Waals surface area contributed by atoms with E-state index in [1.54, 1.807) is 7.11 Å². The first kappa shape index (κ1) is 22.1. The van der Waals surface area contributed by atoms with Crippen molar-refractivity contribution in [2.45, 2.75) is 33.7 Å². The molecule has 1 aliphatic rings. The van der Waals surface area contributed by atoms with Gasteiger partial charge in [-0.2, -0.15) is 0 Å². The van der Waals surface area contributed by atoms with Crippen molar-refractivity contribution in [2.75, 3.05) is 27.1 Å².